The molecule has 3 aromatic rings. The Hall–Kier alpha value is -2.41. The van der Waals surface area contributed by atoms with Gasteiger partial charge in [0, 0.05) is 34.6 Å². The zero-order valence-corrected chi connectivity index (χ0v) is 14.8. The lowest BCUT2D eigenvalue weighted by Gasteiger charge is -2.01. The number of aromatic hydroxyl groups is 1. The van der Waals surface area contributed by atoms with Gasteiger partial charge < -0.3 is 10.1 Å². The number of aromatic nitrogens is 2. The van der Waals surface area contributed by atoms with Gasteiger partial charge in [-0.3, -0.25) is 14.6 Å². The Balaban J connectivity index is 2.06. The molecular formula is C17H10Cl2N2O3S. The third-order valence-corrected chi connectivity index (χ3v) is 4.72. The van der Waals surface area contributed by atoms with Crippen LogP contribution in [-0.2, 0) is 0 Å². The molecule has 5 nitrogen and oxygen atoms in total. The number of ketones is 1. The number of Topliss-reactive ketones (excluding diaryl/α,β-unsaturated/α-hetero) is 1. The van der Waals surface area contributed by atoms with Crippen molar-refractivity contribution in [1.29, 1.82) is 0 Å². The first kappa shape index (κ1) is 17.4. The standard InChI is InChI=1S/C17H10Cl2N2O3S/c18-11-5-10(16(23)12(19)7-11)6-14-17(24)21-15(25-14)8-13(22)9-1-3-20-4-2-9/h1-8,23H,(H,21,24)/b14-6-,15-8-. The summed E-state index contributed by atoms with van der Waals surface area (Å²) in [4.78, 5) is 30.7. The smallest absolute Gasteiger partial charge is 0.266 e. The van der Waals surface area contributed by atoms with Crippen LogP contribution in [-0.4, -0.2) is 20.9 Å². The molecule has 0 saturated carbocycles. The van der Waals surface area contributed by atoms with E-state index in [0.717, 1.165) is 11.3 Å². The lowest BCUT2D eigenvalue weighted by atomic mass is 10.2. The summed E-state index contributed by atoms with van der Waals surface area (Å²) < 4.78 is 0.702. The van der Waals surface area contributed by atoms with Crippen LogP contribution in [0.3, 0.4) is 0 Å². The fraction of sp³-hybridized carbons (Fsp3) is 0. The van der Waals surface area contributed by atoms with E-state index in [0.29, 0.717) is 25.3 Å². The molecule has 1 aromatic carbocycles. The lowest BCUT2D eigenvalue weighted by Crippen LogP contribution is -2.20. The molecule has 3 rings (SSSR count). The van der Waals surface area contributed by atoms with Crippen molar-refractivity contribution in [3.05, 3.63) is 77.4 Å². The number of pyridine rings is 1. The Morgan fingerprint density at radius 3 is 2.68 bits per heavy atom. The van der Waals surface area contributed by atoms with Crippen molar-refractivity contribution < 1.29 is 9.90 Å². The quantitative estimate of drug-likeness (QED) is 0.670. The highest BCUT2D eigenvalue weighted by atomic mass is 35.5. The Bertz CT molecular complexity index is 1120. The number of phenolic OH excluding ortho intramolecular Hbond substituents is 1. The van der Waals surface area contributed by atoms with Crippen LogP contribution in [0.5, 0.6) is 5.75 Å². The number of rotatable bonds is 3. The van der Waals surface area contributed by atoms with Crippen molar-refractivity contribution >= 4 is 52.5 Å². The molecule has 0 radical (unpaired) electrons. The first-order valence-electron chi connectivity index (χ1n) is 6.99. The fourth-order valence-electron chi connectivity index (χ4n) is 2.08. The Morgan fingerprint density at radius 2 is 1.96 bits per heavy atom. The van der Waals surface area contributed by atoms with Gasteiger partial charge in [-0.05, 0) is 30.3 Å². The summed E-state index contributed by atoms with van der Waals surface area (Å²) in [6, 6.07) is 6.07. The summed E-state index contributed by atoms with van der Waals surface area (Å²) in [5.74, 6) is -0.419. The number of halogens is 2. The van der Waals surface area contributed by atoms with Crippen LogP contribution < -0.4 is 14.8 Å². The number of phenols is 1. The average Bonchev–Trinajstić information content (AvgIpc) is 2.92. The van der Waals surface area contributed by atoms with Gasteiger partial charge in [0.1, 0.15) is 5.75 Å². The van der Waals surface area contributed by atoms with Gasteiger partial charge in [0.2, 0.25) is 0 Å². The number of aromatic amines is 1. The van der Waals surface area contributed by atoms with Crippen LogP contribution in [0.4, 0.5) is 0 Å². The van der Waals surface area contributed by atoms with E-state index in [-0.39, 0.29) is 22.1 Å². The summed E-state index contributed by atoms with van der Waals surface area (Å²) in [6.45, 7) is 0. The molecule has 0 amide bonds. The van der Waals surface area contributed by atoms with E-state index in [4.69, 9.17) is 23.2 Å². The molecule has 0 unspecified atom stereocenters. The molecule has 0 aliphatic carbocycles. The Morgan fingerprint density at radius 1 is 1.24 bits per heavy atom. The summed E-state index contributed by atoms with van der Waals surface area (Å²) in [7, 11) is 0. The molecule has 2 N–H and O–H groups in total. The van der Waals surface area contributed by atoms with E-state index in [1.807, 2.05) is 0 Å². The second-order valence-corrected chi connectivity index (χ2v) is 6.93. The van der Waals surface area contributed by atoms with Gasteiger partial charge in [0.15, 0.2) is 5.78 Å². The third kappa shape index (κ3) is 3.99. The monoisotopic (exact) mass is 392 g/mol. The van der Waals surface area contributed by atoms with E-state index in [1.54, 1.807) is 12.1 Å². The molecule has 8 heteroatoms. The van der Waals surface area contributed by atoms with Crippen LogP contribution >= 0.6 is 34.5 Å². The molecule has 0 bridgehead atoms. The van der Waals surface area contributed by atoms with Crippen molar-refractivity contribution in [2.45, 2.75) is 0 Å². The molecule has 25 heavy (non-hydrogen) atoms. The maximum atomic E-state index is 12.2. The van der Waals surface area contributed by atoms with E-state index in [2.05, 4.69) is 9.97 Å². The highest BCUT2D eigenvalue weighted by Crippen LogP contribution is 2.31. The molecule has 0 aliphatic heterocycles. The second-order valence-electron chi connectivity index (χ2n) is 5.00. The van der Waals surface area contributed by atoms with Gasteiger partial charge >= 0.3 is 0 Å². The van der Waals surface area contributed by atoms with Gasteiger partial charge in [-0.2, -0.15) is 0 Å². The number of nitrogens with zero attached hydrogens (tertiary/aromatic N) is 1. The molecule has 0 fully saturated rings. The molecule has 0 atom stereocenters. The van der Waals surface area contributed by atoms with E-state index in [1.165, 1.54) is 36.7 Å². The Labute approximate surface area is 155 Å². The number of thiazole rings is 1. The van der Waals surface area contributed by atoms with Gasteiger partial charge in [-0.25, -0.2) is 0 Å². The van der Waals surface area contributed by atoms with Gasteiger partial charge in [0.05, 0.1) is 14.2 Å². The van der Waals surface area contributed by atoms with Gasteiger partial charge in [-0.15, -0.1) is 11.3 Å². The van der Waals surface area contributed by atoms with Crippen LogP contribution in [0, 0.1) is 0 Å². The maximum Gasteiger partial charge on any atom is 0.266 e. The minimum Gasteiger partial charge on any atom is -0.506 e. The fourth-order valence-corrected chi connectivity index (χ4v) is 3.47. The average molecular weight is 393 g/mol. The number of nitrogens with one attached hydrogen (secondary N) is 1. The lowest BCUT2D eigenvalue weighted by molar-refractivity contribution is 0.106. The van der Waals surface area contributed by atoms with Crippen molar-refractivity contribution in [1.82, 2.24) is 9.97 Å². The zero-order valence-electron chi connectivity index (χ0n) is 12.5. The molecular weight excluding hydrogens is 383 g/mol. The third-order valence-electron chi connectivity index (χ3n) is 3.25. The van der Waals surface area contributed by atoms with E-state index in [9.17, 15) is 14.7 Å². The van der Waals surface area contributed by atoms with Crippen molar-refractivity contribution in [2.75, 3.05) is 0 Å². The van der Waals surface area contributed by atoms with Gasteiger partial charge in [-0.1, -0.05) is 23.2 Å². The molecule has 2 heterocycles. The number of carbonyl (C=O) groups excluding carboxylic acids is 1. The number of carbonyl (C=O) groups is 1. The SMILES string of the molecule is O=C(/C=c1/[nH]c(=O)/c(=C/c2cc(Cl)cc(Cl)c2O)s1)c1ccncc1. The summed E-state index contributed by atoms with van der Waals surface area (Å²) in [5.41, 5.74) is 0.403. The minimum atomic E-state index is -0.380. The van der Waals surface area contributed by atoms with E-state index < -0.39 is 0 Å². The largest absolute Gasteiger partial charge is 0.506 e. The number of hydrogen-bond acceptors (Lipinski definition) is 5. The van der Waals surface area contributed by atoms with Crippen LogP contribution in [0.25, 0.3) is 12.2 Å². The zero-order chi connectivity index (χ0) is 18.0. The highest BCUT2D eigenvalue weighted by molar-refractivity contribution is 7.07. The summed E-state index contributed by atoms with van der Waals surface area (Å²) in [5, 5.41) is 10.4. The normalized spacial score (nSPS) is 12.6. The molecule has 126 valence electrons. The Kier molecular flexibility index (Phi) is 5.03. The summed E-state index contributed by atoms with van der Waals surface area (Å²) in [6.07, 6.45) is 5.83. The molecule has 2 aromatic heterocycles. The second kappa shape index (κ2) is 7.23. The van der Waals surface area contributed by atoms with Crippen LogP contribution in [0.2, 0.25) is 10.0 Å². The first-order valence-corrected chi connectivity index (χ1v) is 8.56. The number of hydrogen-bond donors (Lipinski definition) is 2. The topological polar surface area (TPSA) is 83.0 Å². The predicted octanol–water partition coefficient (Wildman–Crippen LogP) is 2.34. The van der Waals surface area contributed by atoms with Gasteiger partial charge in [0.25, 0.3) is 5.56 Å². The van der Waals surface area contributed by atoms with Crippen molar-refractivity contribution in [3.63, 3.8) is 0 Å². The number of benzene rings is 1. The molecule has 0 aliphatic rings. The predicted molar refractivity (Wildman–Crippen MR) is 98.9 cm³/mol. The minimum absolute atomic E-state index is 0.0892. The maximum absolute atomic E-state index is 12.2. The van der Waals surface area contributed by atoms with Crippen molar-refractivity contribution in [2.24, 2.45) is 0 Å². The van der Waals surface area contributed by atoms with Crippen LogP contribution in [0.15, 0.2) is 41.5 Å². The molecule has 0 spiro atoms. The van der Waals surface area contributed by atoms with Crippen molar-refractivity contribution in [3.8, 4) is 5.75 Å². The number of H-pyrrole nitrogens is 1. The molecule has 0 saturated heterocycles. The highest BCUT2D eigenvalue weighted by Gasteiger charge is 2.07. The van der Waals surface area contributed by atoms with Crippen LogP contribution in [0.1, 0.15) is 15.9 Å². The summed E-state index contributed by atoms with van der Waals surface area (Å²) >= 11 is 12.9. The van der Waals surface area contributed by atoms with E-state index >= 15 is 0 Å². The first-order chi connectivity index (χ1) is 11.9.